The fraction of sp³-hybridized carbons (Fsp3) is 0.300. The van der Waals surface area contributed by atoms with Gasteiger partial charge in [0.15, 0.2) is 5.82 Å². The molecule has 2 rings (SSSR count). The Morgan fingerprint density at radius 1 is 1.44 bits per heavy atom. The van der Waals surface area contributed by atoms with Crippen LogP contribution in [0.3, 0.4) is 0 Å². The summed E-state index contributed by atoms with van der Waals surface area (Å²) >= 11 is 6.14. The summed E-state index contributed by atoms with van der Waals surface area (Å²) < 4.78 is 1.56. The molecule has 0 saturated carbocycles. The Morgan fingerprint density at radius 2 is 2.19 bits per heavy atom. The van der Waals surface area contributed by atoms with Gasteiger partial charge in [-0.25, -0.2) is 0 Å². The molecule has 0 radical (unpaired) electrons. The van der Waals surface area contributed by atoms with E-state index in [0.29, 0.717) is 10.8 Å². The van der Waals surface area contributed by atoms with Crippen LogP contribution in [0, 0.1) is 6.92 Å². The number of aryl methyl sites for hydroxylation is 1. The lowest BCUT2D eigenvalue weighted by Gasteiger charge is -2.08. The van der Waals surface area contributed by atoms with Crippen molar-refractivity contribution in [3.63, 3.8) is 0 Å². The third-order valence-electron chi connectivity index (χ3n) is 2.23. The lowest BCUT2D eigenvalue weighted by atomic mass is 10.2. The molecule has 6 heteroatoms. The Hall–Kier alpha value is -1.46. The monoisotopic (exact) mass is 237 g/mol. The fourth-order valence-electron chi connectivity index (χ4n) is 1.43. The normalized spacial score (nSPS) is 12.8. The lowest BCUT2D eigenvalue weighted by molar-refractivity contribution is 0.688. The van der Waals surface area contributed by atoms with E-state index in [2.05, 4.69) is 15.5 Å². The summed E-state index contributed by atoms with van der Waals surface area (Å²) in [6.45, 7) is 3.80. The number of hydrogen-bond donors (Lipinski definition) is 1. The van der Waals surface area contributed by atoms with Gasteiger partial charge in [0.05, 0.1) is 16.8 Å². The van der Waals surface area contributed by atoms with Crippen LogP contribution in [0.5, 0.6) is 0 Å². The Balaban J connectivity index is 2.54. The van der Waals surface area contributed by atoms with Crippen molar-refractivity contribution in [2.75, 3.05) is 0 Å². The molecule has 2 N–H and O–H groups in total. The van der Waals surface area contributed by atoms with Crippen LogP contribution in [0.1, 0.15) is 24.4 Å². The molecule has 1 atom stereocenters. The summed E-state index contributed by atoms with van der Waals surface area (Å²) in [6.07, 6.45) is 0. The first-order valence-electron chi connectivity index (χ1n) is 4.90. The van der Waals surface area contributed by atoms with Crippen molar-refractivity contribution >= 4 is 11.6 Å². The largest absolute Gasteiger partial charge is 0.321 e. The molecule has 0 aliphatic rings. The van der Waals surface area contributed by atoms with Crippen LogP contribution in [0.25, 0.3) is 5.69 Å². The second-order valence-electron chi connectivity index (χ2n) is 3.69. The van der Waals surface area contributed by atoms with Crippen molar-refractivity contribution in [2.24, 2.45) is 5.73 Å². The summed E-state index contributed by atoms with van der Waals surface area (Å²) in [5.41, 5.74) is 7.60. The highest BCUT2D eigenvalue weighted by Gasteiger charge is 2.14. The highest BCUT2D eigenvalue weighted by Crippen LogP contribution is 2.22. The number of nitrogens with two attached hydrogens (primary N) is 1. The first-order chi connectivity index (χ1) is 7.59. The van der Waals surface area contributed by atoms with E-state index in [1.54, 1.807) is 4.68 Å². The van der Waals surface area contributed by atoms with Crippen LogP contribution in [-0.4, -0.2) is 20.2 Å². The van der Waals surface area contributed by atoms with Gasteiger partial charge in [-0.2, -0.15) is 4.68 Å². The maximum absolute atomic E-state index is 6.14. The molecule has 2 aromatic rings. The molecule has 84 valence electrons. The first-order valence-corrected chi connectivity index (χ1v) is 5.28. The van der Waals surface area contributed by atoms with Crippen molar-refractivity contribution in [2.45, 2.75) is 19.9 Å². The van der Waals surface area contributed by atoms with Gasteiger partial charge in [-0.15, -0.1) is 5.10 Å². The minimum absolute atomic E-state index is 0.243. The molecule has 0 aliphatic carbocycles. The number of tetrazole rings is 1. The van der Waals surface area contributed by atoms with Crippen molar-refractivity contribution in [1.29, 1.82) is 0 Å². The van der Waals surface area contributed by atoms with Gasteiger partial charge in [-0.1, -0.05) is 17.7 Å². The topological polar surface area (TPSA) is 69.6 Å². The summed E-state index contributed by atoms with van der Waals surface area (Å²) in [7, 11) is 0. The first kappa shape index (κ1) is 11.0. The maximum atomic E-state index is 6.14. The number of aromatic nitrogens is 4. The summed E-state index contributed by atoms with van der Waals surface area (Å²) in [5.74, 6) is 0.589. The van der Waals surface area contributed by atoms with Crippen LogP contribution in [0.2, 0.25) is 5.02 Å². The molecule has 0 saturated heterocycles. The molecule has 0 amide bonds. The average molecular weight is 238 g/mol. The van der Waals surface area contributed by atoms with E-state index in [9.17, 15) is 0 Å². The van der Waals surface area contributed by atoms with E-state index >= 15 is 0 Å². The molecular weight excluding hydrogens is 226 g/mol. The van der Waals surface area contributed by atoms with Gasteiger partial charge < -0.3 is 5.73 Å². The summed E-state index contributed by atoms with van der Waals surface area (Å²) in [5, 5.41) is 12.0. The number of halogens is 1. The van der Waals surface area contributed by atoms with E-state index in [1.165, 1.54) is 0 Å². The number of hydrogen-bond acceptors (Lipinski definition) is 4. The van der Waals surface area contributed by atoms with Crippen LogP contribution >= 0.6 is 11.6 Å². The van der Waals surface area contributed by atoms with E-state index in [0.717, 1.165) is 11.3 Å². The number of benzene rings is 1. The second-order valence-corrected chi connectivity index (χ2v) is 4.10. The SMILES string of the molecule is Cc1ccc(-n2nnnc2C(C)N)c(Cl)c1. The third-order valence-corrected chi connectivity index (χ3v) is 2.53. The average Bonchev–Trinajstić information content (AvgIpc) is 2.66. The van der Waals surface area contributed by atoms with E-state index < -0.39 is 0 Å². The molecule has 1 unspecified atom stereocenters. The van der Waals surface area contributed by atoms with Gasteiger partial charge in [0, 0.05) is 0 Å². The Kier molecular flexibility index (Phi) is 2.89. The van der Waals surface area contributed by atoms with Crippen molar-refractivity contribution in [3.8, 4) is 5.69 Å². The minimum Gasteiger partial charge on any atom is -0.321 e. The minimum atomic E-state index is -0.243. The van der Waals surface area contributed by atoms with Gasteiger partial charge in [0.1, 0.15) is 0 Å². The van der Waals surface area contributed by atoms with Gasteiger partial charge in [-0.05, 0) is 42.0 Å². The number of nitrogens with zero attached hydrogens (tertiary/aromatic N) is 4. The summed E-state index contributed by atoms with van der Waals surface area (Å²) in [4.78, 5) is 0. The second kappa shape index (κ2) is 4.19. The maximum Gasteiger partial charge on any atom is 0.173 e. The highest BCUT2D eigenvalue weighted by atomic mass is 35.5. The summed E-state index contributed by atoms with van der Waals surface area (Å²) in [6, 6.07) is 5.45. The molecule has 16 heavy (non-hydrogen) atoms. The molecule has 0 bridgehead atoms. The lowest BCUT2D eigenvalue weighted by Crippen LogP contribution is -2.13. The van der Waals surface area contributed by atoms with E-state index in [1.807, 2.05) is 32.0 Å². The van der Waals surface area contributed by atoms with Gasteiger partial charge in [0.2, 0.25) is 0 Å². The zero-order chi connectivity index (χ0) is 11.7. The Bertz CT molecular complexity index is 506. The van der Waals surface area contributed by atoms with Crippen LogP contribution in [0.15, 0.2) is 18.2 Å². The molecule has 1 heterocycles. The standard InChI is InChI=1S/C10H12ClN5/c1-6-3-4-9(8(11)5-6)16-10(7(2)12)13-14-15-16/h3-5,7H,12H2,1-2H3. The molecule has 0 aliphatic heterocycles. The van der Waals surface area contributed by atoms with Crippen molar-refractivity contribution in [3.05, 3.63) is 34.6 Å². The number of rotatable bonds is 2. The zero-order valence-electron chi connectivity index (χ0n) is 9.05. The van der Waals surface area contributed by atoms with Crippen molar-refractivity contribution in [1.82, 2.24) is 20.2 Å². The predicted molar refractivity (Wildman–Crippen MR) is 61.5 cm³/mol. The molecular formula is C10H12ClN5. The van der Waals surface area contributed by atoms with Gasteiger partial charge >= 0.3 is 0 Å². The van der Waals surface area contributed by atoms with Gasteiger partial charge in [0.25, 0.3) is 0 Å². The predicted octanol–water partition coefficient (Wildman–Crippen LogP) is 1.64. The smallest absolute Gasteiger partial charge is 0.173 e. The zero-order valence-corrected chi connectivity index (χ0v) is 9.81. The fourth-order valence-corrected chi connectivity index (χ4v) is 1.75. The molecule has 1 aromatic heterocycles. The third kappa shape index (κ3) is 1.91. The molecule has 0 fully saturated rings. The van der Waals surface area contributed by atoms with Crippen LogP contribution < -0.4 is 5.73 Å². The van der Waals surface area contributed by atoms with Crippen LogP contribution in [-0.2, 0) is 0 Å². The van der Waals surface area contributed by atoms with E-state index in [4.69, 9.17) is 17.3 Å². The Morgan fingerprint density at radius 3 is 2.81 bits per heavy atom. The van der Waals surface area contributed by atoms with Crippen molar-refractivity contribution < 1.29 is 0 Å². The Labute approximate surface area is 98.2 Å². The molecule has 0 spiro atoms. The van der Waals surface area contributed by atoms with E-state index in [-0.39, 0.29) is 6.04 Å². The highest BCUT2D eigenvalue weighted by molar-refractivity contribution is 6.32. The van der Waals surface area contributed by atoms with Gasteiger partial charge in [-0.3, -0.25) is 0 Å². The molecule has 5 nitrogen and oxygen atoms in total. The molecule has 1 aromatic carbocycles. The van der Waals surface area contributed by atoms with Crippen LogP contribution in [0.4, 0.5) is 0 Å². The quantitative estimate of drug-likeness (QED) is 0.862.